The molecule has 0 saturated heterocycles. The molecule has 0 atom stereocenters. The summed E-state index contributed by atoms with van der Waals surface area (Å²) in [5.41, 5.74) is 1.95. The Morgan fingerprint density at radius 1 is 1.00 bits per heavy atom. The molecule has 0 radical (unpaired) electrons. The van der Waals surface area contributed by atoms with Crippen molar-refractivity contribution in [1.29, 1.82) is 0 Å². The van der Waals surface area contributed by atoms with Gasteiger partial charge in [-0.05, 0) is 17.7 Å². The molecule has 0 aliphatic carbocycles. The molecular formula is C16H19N. The molecule has 2 aromatic rings. The molecule has 0 amide bonds. The van der Waals surface area contributed by atoms with E-state index >= 15 is 0 Å². The minimum absolute atomic E-state index is 0.520. The number of aliphatic imine (C=N–C) groups is 1. The zero-order valence-electron chi connectivity index (χ0n) is 11.4. The first-order chi connectivity index (χ1) is 8.76. The van der Waals surface area contributed by atoms with E-state index in [4.69, 9.17) is 1.37 Å². The van der Waals surface area contributed by atoms with Crippen LogP contribution in [0.25, 0.3) is 0 Å². The van der Waals surface area contributed by atoms with Gasteiger partial charge in [-0.3, -0.25) is 4.99 Å². The second-order valence-electron chi connectivity index (χ2n) is 3.63. The molecule has 1 heteroatoms. The van der Waals surface area contributed by atoms with Gasteiger partial charge < -0.3 is 0 Å². The van der Waals surface area contributed by atoms with Crippen LogP contribution in [0.4, 0.5) is 5.69 Å². The summed E-state index contributed by atoms with van der Waals surface area (Å²) in [6, 6.07) is 17.6. The van der Waals surface area contributed by atoms with Crippen LogP contribution in [-0.2, 0) is 0 Å². The van der Waals surface area contributed by atoms with E-state index < -0.39 is 0 Å². The predicted molar refractivity (Wildman–Crippen MR) is 76.1 cm³/mol. The Bertz CT molecular complexity index is 460. The Morgan fingerprint density at radius 3 is 2.18 bits per heavy atom. The average molecular weight is 226 g/mol. The third-order valence-electron chi connectivity index (χ3n) is 1.86. The van der Waals surface area contributed by atoms with E-state index in [1.807, 2.05) is 42.5 Å². The molecule has 0 N–H and O–H groups in total. The number of benzene rings is 2. The van der Waals surface area contributed by atoms with E-state index in [0.717, 1.165) is 11.3 Å². The van der Waals surface area contributed by atoms with Gasteiger partial charge in [0.05, 0.1) is 7.06 Å². The van der Waals surface area contributed by atoms with Crippen LogP contribution in [0.15, 0.2) is 65.6 Å². The zero-order valence-corrected chi connectivity index (χ0v) is 10.4. The molecule has 88 valence electrons. The van der Waals surface area contributed by atoms with E-state index in [1.54, 1.807) is 18.3 Å². The van der Waals surface area contributed by atoms with Crippen molar-refractivity contribution in [2.24, 2.45) is 4.99 Å². The smallest absolute Gasteiger partial charge is 0.0629 e. The first kappa shape index (κ1) is 11.6. The van der Waals surface area contributed by atoms with Gasteiger partial charge in [-0.15, -0.1) is 0 Å². The molecule has 17 heavy (non-hydrogen) atoms. The third-order valence-corrected chi connectivity index (χ3v) is 1.86. The van der Waals surface area contributed by atoms with Crippen molar-refractivity contribution in [2.75, 3.05) is 0 Å². The lowest BCUT2D eigenvalue weighted by Gasteiger charge is -1.92. The van der Waals surface area contributed by atoms with Gasteiger partial charge in [-0.25, -0.2) is 0 Å². The van der Waals surface area contributed by atoms with Crippen molar-refractivity contribution in [3.05, 3.63) is 66.2 Å². The Kier molecular flexibility index (Phi) is 5.65. The normalized spacial score (nSPS) is 10.6. The van der Waals surface area contributed by atoms with Crippen LogP contribution in [0, 0.1) is 0 Å². The number of rotatable bonds is 2. The summed E-state index contributed by atoms with van der Waals surface area (Å²) in [7, 11) is 0. The largest absolute Gasteiger partial charge is 0.256 e. The molecule has 0 saturated carbocycles. The maximum Gasteiger partial charge on any atom is 0.0629 e. The fourth-order valence-electron chi connectivity index (χ4n) is 1.15. The van der Waals surface area contributed by atoms with Crippen LogP contribution >= 0.6 is 0 Å². The molecule has 0 fully saturated rings. The van der Waals surface area contributed by atoms with Crippen LogP contribution in [0.3, 0.4) is 0 Å². The van der Waals surface area contributed by atoms with Crippen LogP contribution < -0.4 is 0 Å². The summed E-state index contributed by atoms with van der Waals surface area (Å²) in [6.07, 6.45) is 3.05. The summed E-state index contributed by atoms with van der Waals surface area (Å²) < 4.78 is 7.34. The van der Waals surface area contributed by atoms with Crippen LogP contribution in [0.2, 0.25) is 0 Å². The lowest BCUT2D eigenvalue weighted by molar-refractivity contribution is 1.09. The first-order valence-corrected chi connectivity index (χ1v) is 5.92. The highest BCUT2D eigenvalue weighted by atomic mass is 14.7. The number of hydrogen-bond donors (Lipinski definition) is 0. The molecular weight excluding hydrogens is 206 g/mol. The summed E-state index contributed by atoms with van der Waals surface area (Å²) in [4.78, 5) is 4.32. The van der Waals surface area contributed by atoms with Crippen molar-refractivity contribution in [2.45, 2.75) is 20.3 Å². The molecule has 2 aromatic carbocycles. The van der Waals surface area contributed by atoms with Crippen LogP contribution in [0.1, 0.15) is 27.2 Å². The second kappa shape index (κ2) is 8.28. The molecule has 0 aliphatic rings. The Hall–Kier alpha value is -1.89. The van der Waals surface area contributed by atoms with Gasteiger partial charge in [0.15, 0.2) is 0 Å². The Morgan fingerprint density at radius 2 is 1.59 bits per heavy atom. The van der Waals surface area contributed by atoms with Gasteiger partial charge in [-0.2, -0.15) is 0 Å². The van der Waals surface area contributed by atoms with Gasteiger partial charge in [0.25, 0.3) is 0 Å². The lowest BCUT2D eigenvalue weighted by atomic mass is 10.2. The maximum absolute atomic E-state index is 7.34. The Labute approximate surface area is 105 Å². The Balaban J connectivity index is 0.000000492. The molecule has 1 nitrogen and oxygen atoms in total. The lowest BCUT2D eigenvalue weighted by Crippen LogP contribution is -1.77. The average Bonchev–Trinajstić information content (AvgIpc) is 2.40. The zero-order chi connectivity index (χ0) is 13.2. The van der Waals surface area contributed by atoms with Gasteiger partial charge in [0.2, 0.25) is 0 Å². The number of para-hydroxylation sites is 1. The van der Waals surface area contributed by atoms with Crippen LogP contribution in [-0.4, -0.2) is 6.21 Å². The minimum atomic E-state index is 0.520. The fraction of sp³-hybridized carbons (Fsp3) is 0.188. The van der Waals surface area contributed by atoms with E-state index in [1.165, 1.54) is 6.42 Å². The highest BCUT2D eigenvalue weighted by molar-refractivity contribution is 5.81. The van der Waals surface area contributed by atoms with Crippen molar-refractivity contribution in [3.8, 4) is 0 Å². The minimum Gasteiger partial charge on any atom is -0.256 e. The third kappa shape index (κ3) is 5.67. The van der Waals surface area contributed by atoms with Gasteiger partial charge >= 0.3 is 0 Å². The highest BCUT2D eigenvalue weighted by Crippen LogP contribution is 2.09. The molecule has 2 rings (SSSR count). The monoisotopic (exact) mass is 226 g/mol. The fourth-order valence-corrected chi connectivity index (χ4v) is 1.15. The van der Waals surface area contributed by atoms with Gasteiger partial charge in [0.1, 0.15) is 0 Å². The van der Waals surface area contributed by atoms with Crippen molar-refractivity contribution < 1.29 is 1.37 Å². The molecule has 0 spiro atoms. The van der Waals surface area contributed by atoms with Crippen molar-refractivity contribution in [3.63, 3.8) is 0 Å². The maximum atomic E-state index is 7.34. The summed E-state index contributed by atoms with van der Waals surface area (Å²) in [6.45, 7) is 4.25. The van der Waals surface area contributed by atoms with Gasteiger partial charge in [0, 0.05) is 6.21 Å². The summed E-state index contributed by atoms with van der Waals surface area (Å²) in [5.74, 6) is 0. The molecule has 0 bridgehead atoms. The van der Waals surface area contributed by atoms with Gasteiger partial charge in [-0.1, -0.05) is 68.8 Å². The van der Waals surface area contributed by atoms with E-state index in [9.17, 15) is 0 Å². The van der Waals surface area contributed by atoms with E-state index in [0.29, 0.717) is 6.04 Å². The number of nitrogens with zero attached hydrogens (tertiary/aromatic N) is 1. The highest BCUT2D eigenvalue weighted by Gasteiger charge is 1.85. The summed E-state index contributed by atoms with van der Waals surface area (Å²) >= 11 is 0. The summed E-state index contributed by atoms with van der Waals surface area (Å²) in [5, 5.41) is 0. The first-order valence-electron chi connectivity index (χ1n) is 6.42. The molecule has 0 unspecified atom stereocenters. The van der Waals surface area contributed by atoms with E-state index in [2.05, 4.69) is 18.8 Å². The van der Waals surface area contributed by atoms with E-state index in [-0.39, 0.29) is 0 Å². The second-order valence-corrected chi connectivity index (χ2v) is 3.63. The molecule has 0 heterocycles. The number of hydrogen-bond acceptors (Lipinski definition) is 1. The molecule has 0 aromatic heterocycles. The van der Waals surface area contributed by atoms with Crippen molar-refractivity contribution in [1.82, 2.24) is 0 Å². The quantitative estimate of drug-likeness (QED) is 0.649. The van der Waals surface area contributed by atoms with Crippen molar-refractivity contribution >= 4 is 11.9 Å². The topological polar surface area (TPSA) is 12.4 Å². The molecule has 0 aliphatic heterocycles. The SMILES string of the molecule is CCC.[2H]c1ccc(C=Nc2ccccc2)cc1. The predicted octanol–water partition coefficient (Wildman–Crippen LogP) is 4.85. The van der Waals surface area contributed by atoms with Crippen LogP contribution in [0.5, 0.6) is 0 Å². The standard InChI is InChI=1S/C13H11N.C3H8/c1-3-7-12(8-4-1)11-14-13-9-5-2-6-10-13;1-3-2/h1-11H;3H2,1-2H3/i1D;.